The van der Waals surface area contributed by atoms with E-state index in [1.54, 1.807) is 30.9 Å². The summed E-state index contributed by atoms with van der Waals surface area (Å²) in [6, 6.07) is 4.25. The Hall–Kier alpha value is -1.97. The smallest absolute Gasteiger partial charge is 0.196 e. The molecular weight excluding hydrogens is 231 g/mol. The minimum Gasteiger partial charge on any atom is -0.288 e. The molecule has 0 aliphatic heterocycles. The Kier molecular flexibility index (Phi) is 3.28. The third kappa shape index (κ3) is 2.18. The second-order valence-electron chi connectivity index (χ2n) is 4.31. The molecule has 0 bridgehead atoms. The highest BCUT2D eigenvalue weighted by atomic mass is 19.1. The van der Waals surface area contributed by atoms with Crippen molar-refractivity contribution in [1.29, 1.82) is 0 Å². The van der Waals surface area contributed by atoms with Crippen molar-refractivity contribution in [2.24, 2.45) is 7.05 Å². The second kappa shape index (κ2) is 4.72. The summed E-state index contributed by atoms with van der Waals surface area (Å²) in [4.78, 5) is 12.4. The molecule has 0 saturated carbocycles. The van der Waals surface area contributed by atoms with Gasteiger partial charge in [-0.1, -0.05) is 13.0 Å². The number of hydrogen-bond acceptors (Lipinski definition) is 2. The molecule has 2 aromatic rings. The molecule has 1 aromatic heterocycles. The van der Waals surface area contributed by atoms with Gasteiger partial charge in [-0.05, 0) is 31.0 Å². The van der Waals surface area contributed by atoms with Crippen LogP contribution in [-0.2, 0) is 13.5 Å². The zero-order valence-electron chi connectivity index (χ0n) is 10.7. The molecule has 0 fully saturated rings. The van der Waals surface area contributed by atoms with Crippen LogP contribution in [0.5, 0.6) is 0 Å². The Labute approximate surface area is 105 Å². The van der Waals surface area contributed by atoms with Crippen LogP contribution in [0.3, 0.4) is 0 Å². The van der Waals surface area contributed by atoms with E-state index in [9.17, 15) is 9.18 Å². The van der Waals surface area contributed by atoms with Gasteiger partial charge in [-0.25, -0.2) is 4.39 Å². The van der Waals surface area contributed by atoms with Crippen LogP contribution < -0.4 is 0 Å². The quantitative estimate of drug-likeness (QED) is 0.780. The van der Waals surface area contributed by atoms with E-state index in [1.807, 2.05) is 6.92 Å². The predicted molar refractivity (Wildman–Crippen MR) is 67.2 cm³/mol. The Bertz CT molecular complexity index is 602. The van der Waals surface area contributed by atoms with Crippen molar-refractivity contribution >= 4 is 5.78 Å². The SMILES string of the molecule is CCc1nn(C)cc1C(=O)c1cc(F)ccc1C. The summed E-state index contributed by atoms with van der Waals surface area (Å²) in [5, 5.41) is 4.23. The first kappa shape index (κ1) is 12.5. The number of benzene rings is 1. The maximum Gasteiger partial charge on any atom is 0.196 e. The highest BCUT2D eigenvalue weighted by Gasteiger charge is 2.18. The lowest BCUT2D eigenvalue weighted by molar-refractivity contribution is 0.103. The van der Waals surface area contributed by atoms with Gasteiger partial charge in [0.25, 0.3) is 0 Å². The molecule has 94 valence electrons. The normalized spacial score (nSPS) is 10.7. The van der Waals surface area contributed by atoms with E-state index in [0.717, 1.165) is 11.3 Å². The topological polar surface area (TPSA) is 34.9 Å². The molecule has 4 heteroatoms. The summed E-state index contributed by atoms with van der Waals surface area (Å²) in [6.45, 7) is 3.74. The molecule has 1 aromatic carbocycles. The minimum absolute atomic E-state index is 0.169. The molecule has 18 heavy (non-hydrogen) atoms. The van der Waals surface area contributed by atoms with E-state index in [-0.39, 0.29) is 5.78 Å². The van der Waals surface area contributed by atoms with Gasteiger partial charge < -0.3 is 0 Å². The van der Waals surface area contributed by atoms with E-state index in [4.69, 9.17) is 0 Å². The number of nitrogens with zero attached hydrogens (tertiary/aromatic N) is 2. The Morgan fingerprint density at radius 2 is 2.11 bits per heavy atom. The maximum atomic E-state index is 13.2. The fraction of sp³-hybridized carbons (Fsp3) is 0.286. The molecule has 0 unspecified atom stereocenters. The average Bonchev–Trinajstić information content (AvgIpc) is 2.72. The van der Waals surface area contributed by atoms with Crippen LogP contribution in [0.25, 0.3) is 0 Å². The number of ketones is 1. The van der Waals surface area contributed by atoms with Crippen LogP contribution >= 0.6 is 0 Å². The molecule has 0 amide bonds. The molecule has 0 atom stereocenters. The summed E-state index contributed by atoms with van der Waals surface area (Å²) >= 11 is 0. The lowest BCUT2D eigenvalue weighted by Crippen LogP contribution is -2.06. The van der Waals surface area contributed by atoms with Crippen molar-refractivity contribution in [2.45, 2.75) is 20.3 Å². The fourth-order valence-electron chi connectivity index (χ4n) is 1.97. The van der Waals surface area contributed by atoms with Crippen molar-refractivity contribution in [1.82, 2.24) is 9.78 Å². The van der Waals surface area contributed by atoms with E-state index in [0.29, 0.717) is 17.5 Å². The van der Waals surface area contributed by atoms with E-state index in [1.165, 1.54) is 12.1 Å². The van der Waals surface area contributed by atoms with Gasteiger partial charge in [0.05, 0.1) is 11.3 Å². The van der Waals surface area contributed by atoms with Gasteiger partial charge in [0.2, 0.25) is 0 Å². The Balaban J connectivity index is 2.50. The first-order chi connectivity index (χ1) is 8.52. The van der Waals surface area contributed by atoms with Crippen molar-refractivity contribution < 1.29 is 9.18 Å². The summed E-state index contributed by atoms with van der Waals surface area (Å²) in [7, 11) is 1.77. The number of aromatic nitrogens is 2. The summed E-state index contributed by atoms with van der Waals surface area (Å²) in [6.07, 6.45) is 2.36. The molecule has 3 nitrogen and oxygen atoms in total. The molecular formula is C14H15FN2O. The van der Waals surface area contributed by atoms with Crippen molar-refractivity contribution in [3.05, 3.63) is 52.6 Å². The van der Waals surface area contributed by atoms with Gasteiger partial charge in [-0.15, -0.1) is 0 Å². The lowest BCUT2D eigenvalue weighted by Gasteiger charge is -2.04. The summed E-state index contributed by atoms with van der Waals surface area (Å²) in [5.41, 5.74) is 2.46. The largest absolute Gasteiger partial charge is 0.288 e. The molecule has 2 rings (SSSR count). The number of carbonyl (C=O) groups excluding carboxylic acids is 1. The third-order valence-corrected chi connectivity index (χ3v) is 2.93. The number of carbonyl (C=O) groups is 1. The van der Waals surface area contributed by atoms with Crippen molar-refractivity contribution in [2.75, 3.05) is 0 Å². The number of halogens is 1. The van der Waals surface area contributed by atoms with Crippen molar-refractivity contribution in [3.8, 4) is 0 Å². The monoisotopic (exact) mass is 246 g/mol. The average molecular weight is 246 g/mol. The maximum absolute atomic E-state index is 13.2. The zero-order valence-corrected chi connectivity index (χ0v) is 10.7. The second-order valence-corrected chi connectivity index (χ2v) is 4.31. The van der Waals surface area contributed by atoms with Gasteiger partial charge in [-0.3, -0.25) is 9.48 Å². The first-order valence-corrected chi connectivity index (χ1v) is 5.86. The first-order valence-electron chi connectivity index (χ1n) is 5.86. The van der Waals surface area contributed by atoms with E-state index < -0.39 is 5.82 Å². The van der Waals surface area contributed by atoms with Crippen LogP contribution in [0, 0.1) is 12.7 Å². The Morgan fingerprint density at radius 3 is 2.78 bits per heavy atom. The van der Waals surface area contributed by atoms with Crippen LogP contribution in [0.2, 0.25) is 0 Å². The number of aryl methyl sites for hydroxylation is 3. The fourth-order valence-corrected chi connectivity index (χ4v) is 1.97. The third-order valence-electron chi connectivity index (χ3n) is 2.93. The van der Waals surface area contributed by atoms with Crippen LogP contribution in [0.1, 0.15) is 34.1 Å². The van der Waals surface area contributed by atoms with E-state index in [2.05, 4.69) is 5.10 Å². The van der Waals surface area contributed by atoms with Crippen LogP contribution in [-0.4, -0.2) is 15.6 Å². The molecule has 0 radical (unpaired) electrons. The molecule has 0 aliphatic rings. The highest BCUT2D eigenvalue weighted by Crippen LogP contribution is 2.18. The van der Waals surface area contributed by atoms with Crippen LogP contribution in [0.15, 0.2) is 24.4 Å². The van der Waals surface area contributed by atoms with Gasteiger partial charge in [0.15, 0.2) is 5.78 Å². The summed E-state index contributed by atoms with van der Waals surface area (Å²) < 4.78 is 14.8. The lowest BCUT2D eigenvalue weighted by atomic mass is 9.99. The highest BCUT2D eigenvalue weighted by molar-refractivity contribution is 6.10. The summed E-state index contributed by atoms with van der Waals surface area (Å²) in [5.74, 6) is -0.567. The number of hydrogen-bond donors (Lipinski definition) is 0. The van der Waals surface area contributed by atoms with Gasteiger partial charge in [0, 0.05) is 18.8 Å². The molecule has 0 spiro atoms. The molecule has 0 aliphatic carbocycles. The molecule has 1 heterocycles. The predicted octanol–water partition coefficient (Wildman–Crippen LogP) is 2.66. The van der Waals surface area contributed by atoms with E-state index >= 15 is 0 Å². The van der Waals surface area contributed by atoms with Crippen LogP contribution in [0.4, 0.5) is 4.39 Å². The zero-order chi connectivity index (χ0) is 13.3. The van der Waals surface area contributed by atoms with Gasteiger partial charge in [0.1, 0.15) is 5.82 Å². The molecule has 0 N–H and O–H groups in total. The van der Waals surface area contributed by atoms with Crippen molar-refractivity contribution in [3.63, 3.8) is 0 Å². The standard InChI is InChI=1S/C14H15FN2O/c1-4-13-12(8-17(3)16-13)14(18)11-7-10(15)6-5-9(11)2/h5-8H,4H2,1-3H3. The molecule has 0 saturated heterocycles. The Morgan fingerprint density at radius 1 is 1.39 bits per heavy atom. The van der Waals surface area contributed by atoms with Gasteiger partial charge in [-0.2, -0.15) is 5.10 Å². The minimum atomic E-state index is -0.397. The van der Waals surface area contributed by atoms with Gasteiger partial charge >= 0.3 is 0 Å². The number of rotatable bonds is 3.